The standard InChI is InChI=1S/C22H28N2O3/c1-7-24-20-10-15(2)17(12-19(20)16(3)13-22(24,4)5)11-18(14-23)21(25)27-9-8-26-6/h10-13H,7-9H2,1-6H3/b18-11-. The highest BCUT2D eigenvalue weighted by Gasteiger charge is 2.30. The first-order chi connectivity index (χ1) is 12.7. The number of aryl methyl sites for hydroxylation is 1. The Kier molecular flexibility index (Phi) is 6.45. The SMILES string of the molecule is CCN1c2cc(C)c(/C=C(/C#N)C(=O)OCCOC)cc2C(C)=CC1(C)C. The van der Waals surface area contributed by atoms with Crippen LogP contribution in [0.5, 0.6) is 0 Å². The van der Waals surface area contributed by atoms with Crippen molar-refractivity contribution in [1.29, 1.82) is 5.26 Å². The van der Waals surface area contributed by atoms with Crippen LogP contribution >= 0.6 is 0 Å². The van der Waals surface area contributed by atoms with Gasteiger partial charge in [-0.2, -0.15) is 5.26 Å². The van der Waals surface area contributed by atoms with E-state index in [0.29, 0.717) is 6.61 Å². The predicted octanol–water partition coefficient (Wildman–Crippen LogP) is 4.11. The number of hydrogen-bond acceptors (Lipinski definition) is 5. The monoisotopic (exact) mass is 368 g/mol. The first-order valence-electron chi connectivity index (χ1n) is 9.15. The lowest BCUT2D eigenvalue weighted by atomic mass is 9.86. The number of anilines is 1. The zero-order chi connectivity index (χ0) is 20.2. The number of esters is 1. The second-order valence-corrected chi connectivity index (χ2v) is 7.25. The van der Waals surface area contributed by atoms with E-state index in [1.54, 1.807) is 6.08 Å². The van der Waals surface area contributed by atoms with Crippen molar-refractivity contribution < 1.29 is 14.3 Å². The Morgan fingerprint density at radius 2 is 2.00 bits per heavy atom. The molecule has 5 nitrogen and oxygen atoms in total. The van der Waals surface area contributed by atoms with Crippen molar-refractivity contribution in [2.75, 3.05) is 31.8 Å². The van der Waals surface area contributed by atoms with Crippen molar-refractivity contribution in [1.82, 2.24) is 0 Å². The van der Waals surface area contributed by atoms with Gasteiger partial charge in [0.05, 0.1) is 12.1 Å². The number of rotatable bonds is 6. The number of benzene rings is 1. The van der Waals surface area contributed by atoms with E-state index in [-0.39, 0.29) is 17.7 Å². The molecule has 0 amide bonds. The summed E-state index contributed by atoms with van der Waals surface area (Å²) in [5, 5.41) is 9.37. The molecular weight excluding hydrogens is 340 g/mol. The van der Waals surface area contributed by atoms with Crippen molar-refractivity contribution in [3.05, 3.63) is 40.5 Å². The van der Waals surface area contributed by atoms with Crippen LogP contribution in [0.25, 0.3) is 11.6 Å². The maximum atomic E-state index is 12.1. The van der Waals surface area contributed by atoms with Gasteiger partial charge in [-0.25, -0.2) is 4.79 Å². The topological polar surface area (TPSA) is 62.6 Å². The lowest BCUT2D eigenvalue weighted by Crippen LogP contribution is -2.44. The van der Waals surface area contributed by atoms with Crippen molar-refractivity contribution in [3.63, 3.8) is 0 Å². The molecule has 0 saturated carbocycles. The Morgan fingerprint density at radius 3 is 2.59 bits per heavy atom. The summed E-state index contributed by atoms with van der Waals surface area (Å²) in [7, 11) is 1.53. The first kappa shape index (κ1) is 20.7. The Balaban J connectivity index is 2.45. The van der Waals surface area contributed by atoms with Crippen molar-refractivity contribution in [2.45, 2.75) is 40.2 Å². The summed E-state index contributed by atoms with van der Waals surface area (Å²) in [6.07, 6.45) is 3.86. The number of fused-ring (bicyclic) bond motifs is 1. The van der Waals surface area contributed by atoms with E-state index in [1.165, 1.54) is 18.4 Å². The average molecular weight is 368 g/mol. The zero-order valence-electron chi connectivity index (χ0n) is 17.0. The van der Waals surface area contributed by atoms with Crippen LogP contribution in [-0.2, 0) is 14.3 Å². The molecule has 1 aliphatic rings. The number of carbonyl (C=O) groups is 1. The molecule has 0 aliphatic carbocycles. The average Bonchev–Trinajstić information content (AvgIpc) is 2.60. The zero-order valence-corrected chi connectivity index (χ0v) is 17.0. The van der Waals surface area contributed by atoms with E-state index in [2.05, 4.69) is 44.7 Å². The van der Waals surface area contributed by atoms with Gasteiger partial charge in [-0.05, 0) is 69.5 Å². The van der Waals surface area contributed by atoms with E-state index in [0.717, 1.165) is 23.2 Å². The molecule has 1 aromatic carbocycles. The molecule has 2 rings (SSSR count). The summed E-state index contributed by atoms with van der Waals surface area (Å²) in [6.45, 7) is 12.0. The molecule has 1 aromatic rings. The number of methoxy groups -OCH3 is 1. The lowest BCUT2D eigenvalue weighted by Gasteiger charge is -2.43. The highest BCUT2D eigenvalue weighted by atomic mass is 16.6. The van der Waals surface area contributed by atoms with Gasteiger partial charge in [-0.1, -0.05) is 6.08 Å². The Hall–Kier alpha value is -2.58. The van der Waals surface area contributed by atoms with Gasteiger partial charge in [0.2, 0.25) is 0 Å². The third-order valence-corrected chi connectivity index (χ3v) is 4.84. The second kappa shape index (κ2) is 8.41. The fraction of sp³-hybridized carbons (Fsp3) is 0.455. The fourth-order valence-corrected chi connectivity index (χ4v) is 3.57. The van der Waals surface area contributed by atoms with Gasteiger partial charge < -0.3 is 14.4 Å². The van der Waals surface area contributed by atoms with Gasteiger partial charge in [-0.3, -0.25) is 0 Å². The minimum absolute atomic E-state index is 0.0146. The van der Waals surface area contributed by atoms with Crippen LogP contribution in [0.15, 0.2) is 23.8 Å². The number of ether oxygens (including phenoxy) is 2. The third-order valence-electron chi connectivity index (χ3n) is 4.84. The summed E-state index contributed by atoms with van der Waals surface area (Å²) >= 11 is 0. The van der Waals surface area contributed by atoms with Gasteiger partial charge in [0.15, 0.2) is 0 Å². The summed E-state index contributed by atoms with van der Waals surface area (Å²) in [5.41, 5.74) is 5.28. The van der Waals surface area contributed by atoms with E-state index in [9.17, 15) is 10.1 Å². The molecular formula is C22H28N2O3. The minimum atomic E-state index is -0.629. The molecule has 1 aliphatic heterocycles. The number of nitriles is 1. The summed E-state index contributed by atoms with van der Waals surface area (Å²) in [6, 6.07) is 6.13. The maximum absolute atomic E-state index is 12.1. The molecule has 1 heterocycles. The van der Waals surface area contributed by atoms with E-state index in [1.807, 2.05) is 19.1 Å². The summed E-state index contributed by atoms with van der Waals surface area (Å²) < 4.78 is 9.93. The van der Waals surface area contributed by atoms with Crippen molar-refractivity contribution in [3.8, 4) is 6.07 Å². The van der Waals surface area contributed by atoms with Crippen LogP contribution in [0.4, 0.5) is 5.69 Å². The summed E-state index contributed by atoms with van der Waals surface area (Å²) in [5.74, 6) is -0.629. The van der Waals surface area contributed by atoms with Crippen LogP contribution in [0.3, 0.4) is 0 Å². The van der Waals surface area contributed by atoms with Gasteiger partial charge >= 0.3 is 5.97 Å². The van der Waals surface area contributed by atoms with E-state index < -0.39 is 5.97 Å². The number of carbonyl (C=O) groups excluding carboxylic acids is 1. The molecule has 0 atom stereocenters. The Bertz CT molecular complexity index is 829. The molecule has 0 radical (unpaired) electrons. The molecule has 0 N–H and O–H groups in total. The fourth-order valence-electron chi connectivity index (χ4n) is 3.57. The normalized spacial score (nSPS) is 15.7. The van der Waals surface area contributed by atoms with Crippen molar-refractivity contribution in [2.24, 2.45) is 0 Å². The van der Waals surface area contributed by atoms with Gasteiger partial charge in [0.25, 0.3) is 0 Å². The predicted molar refractivity (Wildman–Crippen MR) is 108 cm³/mol. The van der Waals surface area contributed by atoms with Gasteiger partial charge in [0, 0.05) is 24.9 Å². The van der Waals surface area contributed by atoms with E-state index >= 15 is 0 Å². The van der Waals surface area contributed by atoms with Crippen molar-refractivity contribution >= 4 is 23.3 Å². The highest BCUT2D eigenvalue weighted by molar-refractivity contribution is 5.98. The minimum Gasteiger partial charge on any atom is -0.459 e. The Morgan fingerprint density at radius 1 is 1.30 bits per heavy atom. The molecule has 0 spiro atoms. The largest absolute Gasteiger partial charge is 0.459 e. The second-order valence-electron chi connectivity index (χ2n) is 7.25. The Labute approximate surface area is 161 Å². The van der Waals surface area contributed by atoms with Crippen LogP contribution in [-0.4, -0.2) is 38.4 Å². The molecule has 0 aromatic heterocycles. The molecule has 5 heteroatoms. The lowest BCUT2D eigenvalue weighted by molar-refractivity contribution is -0.139. The molecule has 144 valence electrons. The molecule has 27 heavy (non-hydrogen) atoms. The number of hydrogen-bond donors (Lipinski definition) is 0. The van der Waals surface area contributed by atoms with Gasteiger partial charge in [-0.15, -0.1) is 0 Å². The van der Waals surface area contributed by atoms with Crippen LogP contribution < -0.4 is 4.90 Å². The number of nitrogens with zero attached hydrogens (tertiary/aromatic N) is 2. The van der Waals surface area contributed by atoms with Crippen LogP contribution in [0, 0.1) is 18.3 Å². The molecule has 0 unspecified atom stereocenters. The quantitative estimate of drug-likeness (QED) is 0.327. The highest BCUT2D eigenvalue weighted by Crippen LogP contribution is 2.40. The van der Waals surface area contributed by atoms with Crippen LogP contribution in [0.1, 0.15) is 44.4 Å². The molecule has 0 bridgehead atoms. The smallest absolute Gasteiger partial charge is 0.348 e. The molecule has 0 fully saturated rings. The van der Waals surface area contributed by atoms with Crippen LogP contribution in [0.2, 0.25) is 0 Å². The van der Waals surface area contributed by atoms with E-state index in [4.69, 9.17) is 9.47 Å². The number of likely N-dealkylation sites (N-methyl/N-ethyl adjacent to an activating group) is 1. The molecule has 0 saturated heterocycles. The number of allylic oxidation sites excluding steroid dienone is 1. The summed E-state index contributed by atoms with van der Waals surface area (Å²) in [4.78, 5) is 14.5. The van der Waals surface area contributed by atoms with Gasteiger partial charge in [0.1, 0.15) is 18.2 Å². The maximum Gasteiger partial charge on any atom is 0.348 e. The first-order valence-corrected chi connectivity index (χ1v) is 9.15. The third kappa shape index (κ3) is 4.40.